The van der Waals surface area contributed by atoms with Crippen molar-refractivity contribution >= 4 is 50.9 Å². The Kier molecular flexibility index (Phi) is 12.3. The van der Waals surface area contributed by atoms with Gasteiger partial charge in [0.2, 0.25) is 0 Å². The molecule has 3 aromatic carbocycles. The molecule has 49 heavy (non-hydrogen) atoms. The lowest BCUT2D eigenvalue weighted by Gasteiger charge is -2.14. The fourth-order valence-corrected chi connectivity index (χ4v) is 7.69. The molecule has 264 valence electrons. The molecule has 16 nitrogen and oxygen atoms in total. The van der Waals surface area contributed by atoms with Crippen molar-refractivity contribution in [3.05, 3.63) is 65.7 Å². The third-order valence-corrected chi connectivity index (χ3v) is 10.5. The minimum atomic E-state index is -4.64. The lowest BCUT2D eigenvalue weighted by atomic mass is 10.2. The number of carbonyl (C=O) groups is 2. The molecule has 4 rings (SSSR count). The van der Waals surface area contributed by atoms with E-state index in [0.717, 1.165) is 23.5 Å². The van der Waals surface area contributed by atoms with Gasteiger partial charge in [-0.25, -0.2) is 8.42 Å². The quantitative estimate of drug-likeness (QED) is 0.0429. The number of hydrogen-bond donors (Lipinski definition) is 9. The van der Waals surface area contributed by atoms with Crippen LogP contribution in [0.15, 0.2) is 58.8 Å². The van der Waals surface area contributed by atoms with Crippen LogP contribution in [0.2, 0.25) is 0 Å². The van der Waals surface area contributed by atoms with Crippen LogP contribution in [-0.4, -0.2) is 83.0 Å². The van der Waals surface area contributed by atoms with E-state index < -0.39 is 47.2 Å². The number of benzene rings is 3. The second kappa shape index (κ2) is 16.2. The molecule has 0 unspecified atom stereocenters. The van der Waals surface area contributed by atoms with E-state index in [1.807, 2.05) is 4.72 Å². The fourth-order valence-electron chi connectivity index (χ4n) is 4.22. The average molecular weight is 740 g/mol. The Morgan fingerprint density at radius 1 is 0.714 bits per heavy atom. The van der Waals surface area contributed by atoms with E-state index in [9.17, 15) is 43.0 Å². The first-order valence-electron chi connectivity index (χ1n) is 14.6. The summed E-state index contributed by atoms with van der Waals surface area (Å²) in [5.41, 5.74) is 0.324. The second-order valence-electron chi connectivity index (χ2n) is 10.5. The number of aromatic hydroxyl groups is 4. The molecule has 2 amide bonds. The van der Waals surface area contributed by atoms with Gasteiger partial charge in [-0.1, -0.05) is 0 Å². The van der Waals surface area contributed by atoms with Gasteiger partial charge in [0, 0.05) is 35.0 Å². The average Bonchev–Trinajstić information content (AvgIpc) is 3.47. The molecule has 19 heteroatoms. The molecule has 0 saturated carbocycles. The molecule has 1 aromatic heterocycles. The van der Waals surface area contributed by atoms with Gasteiger partial charge in [-0.3, -0.25) is 14.2 Å². The molecule has 0 saturated heterocycles. The van der Waals surface area contributed by atoms with Gasteiger partial charge >= 0.3 is 7.60 Å². The van der Waals surface area contributed by atoms with E-state index in [1.165, 1.54) is 30.3 Å². The molecule has 0 aliphatic rings. The minimum absolute atomic E-state index is 0.112. The van der Waals surface area contributed by atoms with Crippen molar-refractivity contribution in [1.82, 2.24) is 15.4 Å². The van der Waals surface area contributed by atoms with Crippen molar-refractivity contribution in [3.63, 3.8) is 0 Å². The number of phenolic OH excluding ortho intramolecular Hbond substituents is 4. The van der Waals surface area contributed by atoms with Crippen LogP contribution in [0.3, 0.4) is 0 Å². The molecule has 9 N–H and O–H groups in total. The maximum atomic E-state index is 12.7. The number of carbonyl (C=O) groups excluding carboxylic acids is 2. The number of hydrogen-bond acceptors (Lipinski definition) is 12. The first-order chi connectivity index (χ1) is 23.1. The van der Waals surface area contributed by atoms with Gasteiger partial charge in [0.15, 0.2) is 34.5 Å². The second-order valence-corrected chi connectivity index (χ2v) is 15.3. The standard InChI is InChI=1S/C30H34N3O13PS2/c34-21-6-4-18(12-23(21)36)29(38)31-8-1-2-10-45-26-16-27-20(15-28(48-27)49(43,44)33-17-47(40,41)42)14-25(26)46-11-3-9-32-30(39)19-5-7-22(35)24(37)13-19/h4-7,12-16,33-37H,1-3,8-11,17H2,(H,31,38)(H,32,39)(H2,40,41,42). The predicted octanol–water partition coefficient (Wildman–Crippen LogP) is 2.93. The largest absolute Gasteiger partial charge is 0.504 e. The van der Waals surface area contributed by atoms with Gasteiger partial charge in [0.25, 0.3) is 21.8 Å². The molecule has 4 aromatic rings. The number of thiophene rings is 1. The highest BCUT2D eigenvalue weighted by Crippen LogP contribution is 2.39. The Balaban J connectivity index is 1.37. The molecule has 0 atom stereocenters. The molecule has 0 aliphatic heterocycles. The summed E-state index contributed by atoms with van der Waals surface area (Å²) in [7, 11) is -8.88. The monoisotopic (exact) mass is 739 g/mol. The first kappa shape index (κ1) is 37.2. The van der Waals surface area contributed by atoms with E-state index in [4.69, 9.17) is 19.3 Å². The van der Waals surface area contributed by atoms with Gasteiger partial charge < -0.3 is 50.3 Å². The number of rotatable bonds is 17. The van der Waals surface area contributed by atoms with Gasteiger partial charge in [0.05, 0.1) is 13.2 Å². The van der Waals surface area contributed by atoms with Crippen LogP contribution in [-0.2, 0) is 14.6 Å². The third-order valence-electron chi connectivity index (χ3n) is 6.74. The van der Waals surface area contributed by atoms with Gasteiger partial charge in [0.1, 0.15) is 10.5 Å². The molecular formula is C30H34N3O13PS2. The van der Waals surface area contributed by atoms with E-state index in [-0.39, 0.29) is 64.6 Å². The van der Waals surface area contributed by atoms with Crippen LogP contribution < -0.4 is 24.8 Å². The summed E-state index contributed by atoms with van der Waals surface area (Å²) in [5, 5.41) is 43.9. The Morgan fingerprint density at radius 2 is 1.24 bits per heavy atom. The highest BCUT2D eigenvalue weighted by atomic mass is 32.2. The van der Waals surface area contributed by atoms with E-state index in [0.29, 0.717) is 29.3 Å². The maximum absolute atomic E-state index is 12.7. The Hall–Kier alpha value is -4.58. The van der Waals surface area contributed by atoms with Gasteiger partial charge in [-0.05, 0) is 73.2 Å². The van der Waals surface area contributed by atoms with Crippen molar-refractivity contribution in [2.75, 3.05) is 32.6 Å². The highest BCUT2D eigenvalue weighted by molar-refractivity contribution is 7.92. The SMILES string of the molecule is O=C(NCCCCOc1cc2sc(S(=O)(=O)NCP(=O)(O)O)cc2cc1OCCCNC(=O)c1ccc(O)c(O)c1)c1ccc(O)c(O)c1. The number of phenols is 4. The number of amides is 2. The smallest absolute Gasteiger partial charge is 0.340 e. The van der Waals surface area contributed by atoms with Crippen molar-refractivity contribution in [1.29, 1.82) is 0 Å². The molecule has 0 fully saturated rings. The zero-order chi connectivity index (χ0) is 35.8. The van der Waals surface area contributed by atoms with Crippen LogP contribution in [0.1, 0.15) is 40.0 Å². The minimum Gasteiger partial charge on any atom is -0.504 e. The molecule has 0 spiro atoms. The van der Waals surface area contributed by atoms with E-state index in [1.54, 1.807) is 12.1 Å². The first-order valence-corrected chi connectivity index (χ1v) is 18.7. The van der Waals surface area contributed by atoms with Gasteiger partial charge in [-0.15, -0.1) is 11.3 Å². The number of sulfonamides is 1. The predicted molar refractivity (Wildman–Crippen MR) is 178 cm³/mol. The summed E-state index contributed by atoms with van der Waals surface area (Å²) in [4.78, 5) is 42.8. The molecule has 0 radical (unpaired) electrons. The normalized spacial score (nSPS) is 11.7. The zero-order valence-electron chi connectivity index (χ0n) is 25.7. The van der Waals surface area contributed by atoms with Gasteiger partial charge in [-0.2, -0.15) is 4.72 Å². The van der Waals surface area contributed by atoms with Crippen molar-refractivity contribution in [3.8, 4) is 34.5 Å². The summed E-state index contributed by atoms with van der Waals surface area (Å²) in [5.74, 6) is -1.89. The lowest BCUT2D eigenvalue weighted by molar-refractivity contribution is 0.0943. The van der Waals surface area contributed by atoms with Crippen LogP contribution in [0.25, 0.3) is 10.1 Å². The lowest BCUT2D eigenvalue weighted by Crippen LogP contribution is -2.25. The van der Waals surface area contributed by atoms with Crippen molar-refractivity contribution in [2.24, 2.45) is 0 Å². The molecule has 1 heterocycles. The zero-order valence-corrected chi connectivity index (χ0v) is 28.2. The fraction of sp³-hybridized carbons (Fsp3) is 0.267. The highest BCUT2D eigenvalue weighted by Gasteiger charge is 2.23. The van der Waals surface area contributed by atoms with Crippen LogP contribution in [0.5, 0.6) is 34.5 Å². The third kappa shape index (κ3) is 10.7. The topological polar surface area (TPSA) is 261 Å². The Labute approximate surface area is 284 Å². The summed E-state index contributed by atoms with van der Waals surface area (Å²) in [6, 6.07) is 11.9. The molecular weight excluding hydrogens is 705 g/mol. The van der Waals surface area contributed by atoms with Crippen LogP contribution >= 0.6 is 18.9 Å². The maximum Gasteiger partial charge on any atom is 0.340 e. The Bertz CT molecular complexity index is 1980. The summed E-state index contributed by atoms with van der Waals surface area (Å²) >= 11 is 0.862. The number of nitrogens with one attached hydrogen (secondary N) is 3. The number of unbranched alkanes of at least 4 members (excludes halogenated alkanes) is 1. The van der Waals surface area contributed by atoms with E-state index in [2.05, 4.69) is 10.6 Å². The molecule has 0 aliphatic carbocycles. The van der Waals surface area contributed by atoms with E-state index >= 15 is 0 Å². The van der Waals surface area contributed by atoms with Crippen LogP contribution in [0, 0.1) is 0 Å². The summed E-state index contributed by atoms with van der Waals surface area (Å²) in [6.45, 7) is 0.782. The number of ether oxygens (including phenoxy) is 2. The summed E-state index contributed by atoms with van der Waals surface area (Å²) in [6.07, 6.45) is 0.295. The number of fused-ring (bicyclic) bond motifs is 1. The summed E-state index contributed by atoms with van der Waals surface area (Å²) < 4.78 is 50.6. The molecule has 0 bridgehead atoms. The Morgan fingerprint density at radius 3 is 1.80 bits per heavy atom. The van der Waals surface area contributed by atoms with Crippen molar-refractivity contribution in [2.45, 2.75) is 23.5 Å². The van der Waals surface area contributed by atoms with Crippen molar-refractivity contribution < 1.29 is 62.3 Å². The van der Waals surface area contributed by atoms with Crippen LogP contribution in [0.4, 0.5) is 0 Å².